The molecule has 2 N–H and O–H groups in total. The van der Waals surface area contributed by atoms with Gasteiger partial charge in [0, 0.05) is 12.1 Å². The molecule has 1 heterocycles. The highest BCUT2D eigenvalue weighted by molar-refractivity contribution is 5.94. The van der Waals surface area contributed by atoms with Crippen molar-refractivity contribution in [3.63, 3.8) is 0 Å². The third kappa shape index (κ3) is 2.60. The Kier molecular flexibility index (Phi) is 3.76. The molecule has 7 heteroatoms. The predicted molar refractivity (Wildman–Crippen MR) is 85.9 cm³/mol. The lowest BCUT2D eigenvalue weighted by Gasteiger charge is -2.12. The van der Waals surface area contributed by atoms with Gasteiger partial charge in [-0.1, -0.05) is 0 Å². The van der Waals surface area contributed by atoms with Gasteiger partial charge in [-0.3, -0.25) is 4.79 Å². The third-order valence-corrected chi connectivity index (χ3v) is 3.59. The summed E-state index contributed by atoms with van der Waals surface area (Å²) in [5, 5.41) is 19.3. The smallest absolute Gasteiger partial charge is 0.344 e. The van der Waals surface area contributed by atoms with Crippen molar-refractivity contribution >= 4 is 27.9 Å². The van der Waals surface area contributed by atoms with Crippen LogP contribution in [0.3, 0.4) is 0 Å². The van der Waals surface area contributed by atoms with Crippen LogP contribution in [0.15, 0.2) is 39.5 Å². The van der Waals surface area contributed by atoms with Crippen molar-refractivity contribution in [1.82, 2.24) is 0 Å². The van der Waals surface area contributed by atoms with E-state index in [1.165, 1.54) is 32.2 Å². The molecule has 0 spiro atoms. The summed E-state index contributed by atoms with van der Waals surface area (Å²) in [6, 6.07) is 7.31. The molecule has 0 radical (unpaired) electrons. The van der Waals surface area contributed by atoms with Gasteiger partial charge in [-0.2, -0.15) is 0 Å². The van der Waals surface area contributed by atoms with Crippen molar-refractivity contribution < 1.29 is 28.9 Å². The summed E-state index contributed by atoms with van der Waals surface area (Å²) in [6.07, 6.45) is -1.11. The predicted octanol–water partition coefficient (Wildman–Crippen LogP) is 2.51. The zero-order chi connectivity index (χ0) is 17.4. The summed E-state index contributed by atoms with van der Waals surface area (Å²) < 4.78 is 15.9. The standard InChI is InChI=1S/C17H14O7/c1-8(17(20)21)23-10-6-12(18)15-14(7-10)24-13-4-3-9(22-2)5-11(13)16(15)19/h3-8,18H,1-2H3,(H,20,21). The highest BCUT2D eigenvalue weighted by Gasteiger charge is 2.17. The molecule has 0 saturated heterocycles. The highest BCUT2D eigenvalue weighted by Crippen LogP contribution is 2.31. The van der Waals surface area contributed by atoms with Gasteiger partial charge in [0.05, 0.1) is 12.5 Å². The summed E-state index contributed by atoms with van der Waals surface area (Å²) in [7, 11) is 1.48. The van der Waals surface area contributed by atoms with Crippen LogP contribution in [0.1, 0.15) is 6.92 Å². The Bertz CT molecular complexity index is 1000. The molecule has 0 saturated carbocycles. The number of hydrogen-bond donors (Lipinski definition) is 2. The first-order chi connectivity index (χ1) is 11.4. The van der Waals surface area contributed by atoms with E-state index in [-0.39, 0.29) is 27.9 Å². The van der Waals surface area contributed by atoms with Gasteiger partial charge in [-0.25, -0.2) is 4.79 Å². The number of fused-ring (bicyclic) bond motifs is 2. The number of aromatic hydroxyl groups is 1. The Morgan fingerprint density at radius 1 is 1.17 bits per heavy atom. The van der Waals surface area contributed by atoms with E-state index in [1.807, 2.05) is 0 Å². The van der Waals surface area contributed by atoms with Crippen LogP contribution < -0.4 is 14.9 Å². The summed E-state index contributed by atoms with van der Waals surface area (Å²) in [5.74, 6) is -0.921. The van der Waals surface area contributed by atoms with Crippen molar-refractivity contribution in [3.05, 3.63) is 40.6 Å². The first-order valence-electron chi connectivity index (χ1n) is 7.07. The normalized spacial score (nSPS) is 12.2. The topological polar surface area (TPSA) is 106 Å². The van der Waals surface area contributed by atoms with Gasteiger partial charge in [-0.15, -0.1) is 0 Å². The number of benzene rings is 2. The van der Waals surface area contributed by atoms with Crippen molar-refractivity contribution in [3.8, 4) is 17.2 Å². The van der Waals surface area contributed by atoms with Crippen LogP contribution in [0.4, 0.5) is 0 Å². The number of rotatable bonds is 4. The lowest BCUT2D eigenvalue weighted by Crippen LogP contribution is -2.22. The van der Waals surface area contributed by atoms with Crippen LogP contribution in [-0.4, -0.2) is 29.4 Å². The van der Waals surface area contributed by atoms with Gasteiger partial charge in [0.2, 0.25) is 5.43 Å². The number of carbonyl (C=O) groups is 1. The number of phenols is 1. The average molecular weight is 330 g/mol. The Labute approximate surface area is 135 Å². The number of carboxylic acid groups (broad SMARTS) is 1. The molecule has 24 heavy (non-hydrogen) atoms. The van der Waals surface area contributed by atoms with Gasteiger partial charge in [0.25, 0.3) is 0 Å². The molecule has 2 aromatic carbocycles. The summed E-state index contributed by atoms with van der Waals surface area (Å²) >= 11 is 0. The number of phenolic OH excluding ortho intramolecular Hbond substituents is 1. The van der Waals surface area contributed by atoms with Crippen LogP contribution in [0, 0.1) is 0 Å². The van der Waals surface area contributed by atoms with Gasteiger partial charge in [0.1, 0.15) is 33.8 Å². The largest absolute Gasteiger partial charge is 0.507 e. The van der Waals surface area contributed by atoms with Gasteiger partial charge in [-0.05, 0) is 25.1 Å². The molecular formula is C17H14O7. The molecule has 124 valence electrons. The van der Waals surface area contributed by atoms with Crippen molar-refractivity contribution in [2.24, 2.45) is 0 Å². The average Bonchev–Trinajstić information content (AvgIpc) is 2.54. The fourth-order valence-electron chi connectivity index (χ4n) is 2.36. The lowest BCUT2D eigenvalue weighted by atomic mass is 10.1. The Hall–Kier alpha value is -3.22. The van der Waals surface area contributed by atoms with Crippen LogP contribution in [0.25, 0.3) is 21.9 Å². The van der Waals surface area contributed by atoms with Crippen molar-refractivity contribution in [1.29, 1.82) is 0 Å². The molecule has 7 nitrogen and oxygen atoms in total. The summed E-state index contributed by atoms with van der Waals surface area (Å²) in [4.78, 5) is 23.5. The van der Waals surface area contributed by atoms with E-state index in [2.05, 4.69) is 0 Å². The molecule has 1 unspecified atom stereocenters. The number of methoxy groups -OCH3 is 1. The van der Waals surface area contributed by atoms with Gasteiger partial charge in [0.15, 0.2) is 6.10 Å². The Morgan fingerprint density at radius 2 is 1.92 bits per heavy atom. The van der Waals surface area contributed by atoms with E-state index in [9.17, 15) is 14.7 Å². The van der Waals surface area contributed by atoms with Crippen molar-refractivity contribution in [2.75, 3.05) is 7.11 Å². The zero-order valence-electron chi connectivity index (χ0n) is 12.9. The number of aliphatic carboxylic acids is 1. The minimum atomic E-state index is -1.15. The quantitative estimate of drug-likeness (QED) is 0.708. The summed E-state index contributed by atoms with van der Waals surface area (Å²) in [5.41, 5.74) is 0.00173. The molecule has 0 amide bonds. The molecule has 0 aliphatic rings. The molecule has 0 fully saturated rings. The monoisotopic (exact) mass is 330 g/mol. The lowest BCUT2D eigenvalue weighted by molar-refractivity contribution is -0.144. The van der Waals surface area contributed by atoms with E-state index >= 15 is 0 Å². The number of hydrogen-bond acceptors (Lipinski definition) is 6. The zero-order valence-corrected chi connectivity index (χ0v) is 12.9. The van der Waals surface area contributed by atoms with Crippen molar-refractivity contribution in [2.45, 2.75) is 13.0 Å². The van der Waals surface area contributed by atoms with E-state index in [1.54, 1.807) is 12.1 Å². The molecule has 1 aromatic heterocycles. The third-order valence-electron chi connectivity index (χ3n) is 3.59. The van der Waals surface area contributed by atoms with E-state index in [4.69, 9.17) is 19.0 Å². The maximum absolute atomic E-state index is 12.6. The van der Waals surface area contributed by atoms with E-state index in [0.717, 1.165) is 0 Å². The molecular weight excluding hydrogens is 316 g/mol. The van der Waals surface area contributed by atoms with E-state index in [0.29, 0.717) is 11.3 Å². The molecule has 0 aliphatic heterocycles. The summed E-state index contributed by atoms with van der Waals surface area (Å²) in [6.45, 7) is 1.35. The minimum Gasteiger partial charge on any atom is -0.507 e. The fourth-order valence-corrected chi connectivity index (χ4v) is 2.36. The molecule has 1 atom stereocenters. The van der Waals surface area contributed by atoms with Crippen LogP contribution in [-0.2, 0) is 4.79 Å². The highest BCUT2D eigenvalue weighted by atomic mass is 16.5. The molecule has 3 rings (SSSR count). The second kappa shape index (κ2) is 5.77. The number of carboxylic acids is 1. The maximum Gasteiger partial charge on any atom is 0.344 e. The second-order valence-electron chi connectivity index (χ2n) is 5.21. The molecule has 3 aromatic rings. The maximum atomic E-state index is 12.6. The Balaban J connectivity index is 2.23. The van der Waals surface area contributed by atoms with Gasteiger partial charge < -0.3 is 24.1 Å². The number of ether oxygens (including phenoxy) is 2. The van der Waals surface area contributed by atoms with Crippen LogP contribution >= 0.6 is 0 Å². The minimum absolute atomic E-state index is 0.00826. The van der Waals surface area contributed by atoms with Gasteiger partial charge >= 0.3 is 5.97 Å². The SMILES string of the molecule is COc1ccc2oc3cc(OC(C)C(=O)O)cc(O)c3c(=O)c2c1. The van der Waals surface area contributed by atoms with Crippen LogP contribution in [0.5, 0.6) is 17.2 Å². The Morgan fingerprint density at radius 3 is 2.58 bits per heavy atom. The first-order valence-corrected chi connectivity index (χ1v) is 7.07. The fraction of sp³-hybridized carbons (Fsp3) is 0.176. The first kappa shape index (κ1) is 15.7. The van der Waals surface area contributed by atoms with E-state index < -0.39 is 17.5 Å². The molecule has 0 bridgehead atoms. The molecule has 0 aliphatic carbocycles. The van der Waals surface area contributed by atoms with Crippen LogP contribution in [0.2, 0.25) is 0 Å². The second-order valence-corrected chi connectivity index (χ2v) is 5.21.